The SMILES string of the molecule is CC(=O)NCCCCCNC(=O)c1ccc(NCc2cnc3cc(N)[nH]c(=O)c3n2)cc1. The van der Waals surface area contributed by atoms with E-state index in [0.717, 1.165) is 24.9 Å². The van der Waals surface area contributed by atoms with Crippen molar-refractivity contribution in [1.29, 1.82) is 0 Å². The van der Waals surface area contributed by atoms with E-state index in [2.05, 4.69) is 30.9 Å². The number of carbonyl (C=O) groups is 2. The zero-order valence-corrected chi connectivity index (χ0v) is 17.9. The smallest absolute Gasteiger partial charge is 0.277 e. The Morgan fingerprint density at radius 1 is 1.06 bits per heavy atom. The first-order chi connectivity index (χ1) is 15.4. The Morgan fingerprint density at radius 2 is 1.78 bits per heavy atom. The molecule has 3 aromatic rings. The van der Waals surface area contributed by atoms with Crippen LogP contribution < -0.4 is 27.2 Å². The Labute approximate surface area is 185 Å². The molecule has 0 fully saturated rings. The number of unbranched alkanes of at least 4 members (excludes halogenated alkanes) is 2. The lowest BCUT2D eigenvalue weighted by atomic mass is 10.2. The Bertz CT molecular complexity index is 1140. The van der Waals surface area contributed by atoms with Gasteiger partial charge in [0.2, 0.25) is 5.91 Å². The average molecular weight is 438 g/mol. The maximum absolute atomic E-state index is 12.2. The van der Waals surface area contributed by atoms with Gasteiger partial charge in [-0.3, -0.25) is 19.4 Å². The molecule has 2 heterocycles. The first-order valence-corrected chi connectivity index (χ1v) is 10.4. The molecule has 2 amide bonds. The lowest BCUT2D eigenvalue weighted by Crippen LogP contribution is -2.25. The molecule has 0 radical (unpaired) electrons. The fraction of sp³-hybridized carbons (Fsp3) is 0.318. The van der Waals surface area contributed by atoms with Crippen molar-refractivity contribution < 1.29 is 9.59 Å². The molecule has 10 heteroatoms. The van der Waals surface area contributed by atoms with E-state index in [9.17, 15) is 14.4 Å². The highest BCUT2D eigenvalue weighted by Crippen LogP contribution is 2.12. The molecule has 0 spiro atoms. The summed E-state index contributed by atoms with van der Waals surface area (Å²) in [7, 11) is 0. The van der Waals surface area contributed by atoms with E-state index in [1.54, 1.807) is 24.4 Å². The van der Waals surface area contributed by atoms with Crippen LogP contribution in [0.4, 0.5) is 11.5 Å². The third-order valence-electron chi connectivity index (χ3n) is 4.75. The van der Waals surface area contributed by atoms with Crippen LogP contribution in [0.25, 0.3) is 11.0 Å². The molecule has 0 atom stereocenters. The van der Waals surface area contributed by atoms with Gasteiger partial charge in [-0.05, 0) is 43.5 Å². The van der Waals surface area contributed by atoms with Gasteiger partial charge in [0.05, 0.1) is 24.0 Å². The molecule has 2 aromatic heterocycles. The minimum Gasteiger partial charge on any atom is -0.385 e. The van der Waals surface area contributed by atoms with Gasteiger partial charge in [-0.15, -0.1) is 0 Å². The van der Waals surface area contributed by atoms with Crippen molar-refractivity contribution in [3.05, 3.63) is 58.1 Å². The molecule has 10 nitrogen and oxygen atoms in total. The number of pyridine rings is 1. The highest BCUT2D eigenvalue weighted by molar-refractivity contribution is 5.94. The summed E-state index contributed by atoms with van der Waals surface area (Å²) in [5, 5.41) is 8.85. The largest absolute Gasteiger partial charge is 0.385 e. The van der Waals surface area contributed by atoms with Crippen molar-refractivity contribution in [3.8, 4) is 0 Å². The second-order valence-corrected chi connectivity index (χ2v) is 7.38. The van der Waals surface area contributed by atoms with Gasteiger partial charge < -0.3 is 26.7 Å². The molecule has 0 unspecified atom stereocenters. The molecule has 0 saturated heterocycles. The second-order valence-electron chi connectivity index (χ2n) is 7.38. The maximum Gasteiger partial charge on any atom is 0.277 e. The van der Waals surface area contributed by atoms with E-state index in [1.165, 1.54) is 6.92 Å². The monoisotopic (exact) mass is 437 g/mol. The average Bonchev–Trinajstić information content (AvgIpc) is 2.77. The van der Waals surface area contributed by atoms with Crippen LogP contribution >= 0.6 is 0 Å². The Hall–Kier alpha value is -3.95. The molecule has 32 heavy (non-hydrogen) atoms. The lowest BCUT2D eigenvalue weighted by molar-refractivity contribution is -0.118. The number of fused-ring (bicyclic) bond motifs is 1. The van der Waals surface area contributed by atoms with Gasteiger partial charge in [-0.2, -0.15) is 0 Å². The minimum absolute atomic E-state index is 0.0257. The van der Waals surface area contributed by atoms with Crippen LogP contribution in [-0.2, 0) is 11.3 Å². The van der Waals surface area contributed by atoms with Gasteiger partial charge in [0.25, 0.3) is 11.5 Å². The normalized spacial score (nSPS) is 10.7. The van der Waals surface area contributed by atoms with E-state index in [-0.39, 0.29) is 28.7 Å². The number of hydrogen-bond acceptors (Lipinski definition) is 7. The van der Waals surface area contributed by atoms with Crippen molar-refractivity contribution in [3.63, 3.8) is 0 Å². The Balaban J connectivity index is 1.45. The fourth-order valence-electron chi connectivity index (χ4n) is 3.09. The molecule has 1 aromatic carbocycles. The van der Waals surface area contributed by atoms with Crippen molar-refractivity contribution >= 4 is 34.4 Å². The Morgan fingerprint density at radius 3 is 2.50 bits per heavy atom. The summed E-state index contributed by atoms with van der Waals surface area (Å²) in [4.78, 5) is 46.1. The molecule has 0 aliphatic heterocycles. The van der Waals surface area contributed by atoms with E-state index in [0.29, 0.717) is 36.4 Å². The molecule has 3 rings (SSSR count). The topological polar surface area (TPSA) is 155 Å². The van der Waals surface area contributed by atoms with Crippen molar-refractivity contribution in [2.75, 3.05) is 24.1 Å². The second kappa shape index (κ2) is 10.9. The molecule has 168 valence electrons. The number of amides is 2. The summed E-state index contributed by atoms with van der Waals surface area (Å²) in [6, 6.07) is 8.67. The van der Waals surface area contributed by atoms with Gasteiger partial charge in [0.1, 0.15) is 5.82 Å². The summed E-state index contributed by atoms with van der Waals surface area (Å²) in [6.45, 7) is 3.12. The zero-order chi connectivity index (χ0) is 22.9. The number of rotatable bonds is 10. The third kappa shape index (κ3) is 6.53. The van der Waals surface area contributed by atoms with Gasteiger partial charge in [-0.1, -0.05) is 0 Å². The minimum atomic E-state index is -0.377. The van der Waals surface area contributed by atoms with E-state index >= 15 is 0 Å². The van der Waals surface area contributed by atoms with Crippen molar-refractivity contribution in [2.24, 2.45) is 0 Å². The predicted octanol–water partition coefficient (Wildman–Crippen LogP) is 1.55. The van der Waals surface area contributed by atoms with Crippen LogP contribution in [0.3, 0.4) is 0 Å². The molecule has 0 saturated carbocycles. The van der Waals surface area contributed by atoms with Crippen LogP contribution in [0.15, 0.2) is 41.3 Å². The number of aromatic nitrogens is 3. The van der Waals surface area contributed by atoms with Crippen molar-refractivity contribution in [1.82, 2.24) is 25.6 Å². The number of aromatic amines is 1. The maximum atomic E-state index is 12.2. The zero-order valence-electron chi connectivity index (χ0n) is 17.9. The molecule has 0 bridgehead atoms. The fourth-order valence-corrected chi connectivity index (χ4v) is 3.09. The summed E-state index contributed by atoms with van der Waals surface area (Å²) >= 11 is 0. The number of carbonyl (C=O) groups excluding carboxylic acids is 2. The number of H-pyrrole nitrogens is 1. The number of nitrogens with zero attached hydrogens (tertiary/aromatic N) is 2. The number of benzene rings is 1. The summed E-state index contributed by atoms with van der Waals surface area (Å²) in [5.41, 5.74) is 7.91. The number of hydrogen-bond donors (Lipinski definition) is 5. The van der Waals surface area contributed by atoms with Gasteiger partial charge >= 0.3 is 0 Å². The van der Waals surface area contributed by atoms with Crippen molar-refractivity contribution in [2.45, 2.75) is 32.7 Å². The highest BCUT2D eigenvalue weighted by Gasteiger charge is 2.07. The van der Waals surface area contributed by atoms with E-state index in [1.807, 2.05) is 12.1 Å². The Kier molecular flexibility index (Phi) is 7.74. The van der Waals surface area contributed by atoms with E-state index < -0.39 is 0 Å². The molecule has 6 N–H and O–H groups in total. The van der Waals surface area contributed by atoms with E-state index in [4.69, 9.17) is 5.73 Å². The summed E-state index contributed by atoms with van der Waals surface area (Å²) in [5.74, 6) is 0.0911. The predicted molar refractivity (Wildman–Crippen MR) is 123 cm³/mol. The number of anilines is 2. The lowest BCUT2D eigenvalue weighted by Gasteiger charge is -2.09. The van der Waals surface area contributed by atoms with Crippen LogP contribution in [0, 0.1) is 0 Å². The number of nitrogen functional groups attached to an aromatic ring is 1. The molecular formula is C22H27N7O3. The van der Waals surface area contributed by atoms with Gasteiger partial charge in [0.15, 0.2) is 5.52 Å². The first kappa shape index (κ1) is 22.7. The highest BCUT2D eigenvalue weighted by atomic mass is 16.2. The van der Waals surface area contributed by atoms with Crippen LogP contribution in [0.1, 0.15) is 42.2 Å². The quantitative estimate of drug-likeness (QED) is 0.301. The number of nitrogens with one attached hydrogen (secondary N) is 4. The number of nitrogens with two attached hydrogens (primary N) is 1. The molecule has 0 aliphatic carbocycles. The summed E-state index contributed by atoms with van der Waals surface area (Å²) < 4.78 is 0. The first-order valence-electron chi connectivity index (χ1n) is 10.4. The van der Waals surface area contributed by atoms with Gasteiger partial charge in [0, 0.05) is 37.3 Å². The molecular weight excluding hydrogens is 410 g/mol. The van der Waals surface area contributed by atoms with Crippen LogP contribution in [0.5, 0.6) is 0 Å². The van der Waals surface area contributed by atoms with Crippen LogP contribution in [-0.4, -0.2) is 39.9 Å². The standard InChI is InChI=1S/C22H27N7O3/c1-14(30)24-9-3-2-4-10-25-21(31)15-5-7-16(8-6-15)26-12-17-13-27-18-11-19(23)29-22(32)20(18)28-17/h5-8,11,13,26H,2-4,9-10,12H2,1H3,(H,24,30)(H,25,31)(H3,23,29,32). The third-order valence-corrected chi connectivity index (χ3v) is 4.75. The van der Waals surface area contributed by atoms with Crippen LogP contribution in [0.2, 0.25) is 0 Å². The summed E-state index contributed by atoms with van der Waals surface area (Å²) in [6.07, 6.45) is 4.26. The van der Waals surface area contributed by atoms with Gasteiger partial charge in [-0.25, -0.2) is 4.98 Å². The molecule has 0 aliphatic rings.